The zero-order chi connectivity index (χ0) is 12.1. The molecule has 86 valence electrons. The van der Waals surface area contributed by atoms with E-state index in [1.54, 1.807) is 0 Å². The second-order valence-corrected chi connectivity index (χ2v) is 4.53. The quantitative estimate of drug-likeness (QED) is 0.569. The Morgan fingerprint density at radius 3 is 2.81 bits per heavy atom. The van der Waals surface area contributed by atoms with Crippen LogP contribution in [0.1, 0.15) is 40.5 Å². The van der Waals surface area contributed by atoms with Gasteiger partial charge in [-0.25, -0.2) is 0 Å². The third-order valence-electron chi connectivity index (χ3n) is 3.29. The summed E-state index contributed by atoms with van der Waals surface area (Å²) in [7, 11) is 0. The Kier molecular flexibility index (Phi) is 4.58. The van der Waals surface area contributed by atoms with Gasteiger partial charge in [0.2, 0.25) is 0 Å². The van der Waals surface area contributed by atoms with E-state index in [0.717, 1.165) is 12.8 Å². The molecule has 0 heterocycles. The molecule has 0 spiro atoms. The second-order valence-electron chi connectivity index (χ2n) is 4.53. The highest BCUT2D eigenvalue weighted by atomic mass is 14.2. The fourth-order valence-electron chi connectivity index (χ4n) is 2.28. The van der Waals surface area contributed by atoms with Gasteiger partial charge in [-0.15, -0.1) is 5.73 Å². The maximum absolute atomic E-state index is 3.65. The normalized spacial score (nSPS) is 26.1. The van der Waals surface area contributed by atoms with Gasteiger partial charge in [-0.1, -0.05) is 38.2 Å². The summed E-state index contributed by atoms with van der Waals surface area (Å²) >= 11 is 0. The second kappa shape index (κ2) is 5.72. The largest absolute Gasteiger partial charge is 0.128 e. The molecule has 0 aromatic heterocycles. The molecule has 1 aliphatic rings. The van der Waals surface area contributed by atoms with Crippen LogP contribution in [0.3, 0.4) is 0 Å². The minimum atomic E-state index is 0.633. The van der Waals surface area contributed by atoms with Crippen molar-refractivity contribution in [3.8, 4) is 0 Å². The molecule has 0 amide bonds. The lowest BCUT2D eigenvalue weighted by Crippen LogP contribution is -2.08. The zero-order valence-electron chi connectivity index (χ0n) is 10.9. The van der Waals surface area contributed by atoms with E-state index in [2.05, 4.69) is 52.2 Å². The Bertz CT molecular complexity index is 396. The van der Waals surface area contributed by atoms with Crippen LogP contribution < -0.4 is 0 Å². The summed E-state index contributed by atoms with van der Waals surface area (Å²) in [6.45, 7) is 12.6. The summed E-state index contributed by atoms with van der Waals surface area (Å²) < 4.78 is 0. The lowest BCUT2D eigenvalue weighted by Gasteiger charge is -2.24. The molecule has 0 aromatic carbocycles. The summed E-state index contributed by atoms with van der Waals surface area (Å²) in [5, 5.41) is 0. The van der Waals surface area contributed by atoms with E-state index in [0.29, 0.717) is 5.92 Å². The van der Waals surface area contributed by atoms with Gasteiger partial charge in [0.05, 0.1) is 0 Å². The van der Waals surface area contributed by atoms with Crippen LogP contribution in [0.5, 0.6) is 0 Å². The first-order chi connectivity index (χ1) is 7.61. The molecule has 0 aromatic rings. The van der Waals surface area contributed by atoms with E-state index in [9.17, 15) is 0 Å². The van der Waals surface area contributed by atoms with Crippen molar-refractivity contribution < 1.29 is 0 Å². The summed E-state index contributed by atoms with van der Waals surface area (Å²) in [4.78, 5) is 0. The molecular formula is C16H22. The predicted molar refractivity (Wildman–Crippen MR) is 72.3 cm³/mol. The summed E-state index contributed by atoms with van der Waals surface area (Å²) in [6, 6.07) is 0. The van der Waals surface area contributed by atoms with Gasteiger partial charge in [0.15, 0.2) is 0 Å². The first-order valence-corrected chi connectivity index (χ1v) is 6.05. The highest BCUT2D eigenvalue weighted by Gasteiger charge is 2.18. The smallest absolute Gasteiger partial charge is 0.0150 e. The van der Waals surface area contributed by atoms with E-state index in [-0.39, 0.29) is 0 Å². The van der Waals surface area contributed by atoms with Crippen LogP contribution in [0.25, 0.3) is 0 Å². The number of allylic oxidation sites excluding steroid dienone is 7. The van der Waals surface area contributed by atoms with Crippen LogP contribution in [0.15, 0.2) is 52.8 Å². The highest BCUT2D eigenvalue weighted by Crippen LogP contribution is 2.34. The number of hydrogen-bond donors (Lipinski definition) is 0. The Morgan fingerprint density at radius 2 is 2.25 bits per heavy atom. The first kappa shape index (κ1) is 12.8. The van der Waals surface area contributed by atoms with Crippen molar-refractivity contribution in [2.45, 2.75) is 40.5 Å². The Hall–Kier alpha value is -1.26. The van der Waals surface area contributed by atoms with Gasteiger partial charge in [0, 0.05) is 0 Å². The fourth-order valence-corrected chi connectivity index (χ4v) is 2.28. The molecule has 0 fully saturated rings. The molecule has 0 saturated heterocycles. The number of rotatable bonds is 2. The maximum atomic E-state index is 3.65. The van der Waals surface area contributed by atoms with Crippen LogP contribution in [-0.2, 0) is 0 Å². The van der Waals surface area contributed by atoms with Crippen molar-refractivity contribution in [1.82, 2.24) is 0 Å². The predicted octanol–water partition coefficient (Wildman–Crippen LogP) is 4.97. The molecule has 16 heavy (non-hydrogen) atoms. The standard InChI is InChI=1S/C16H22/c1-6-9-13(4)15-11-8-10-14(5)16(15)12(3)7-2/h8-9,11,14H,1,7,10H2,2-5H3/b15-13+,16-12+. The minimum absolute atomic E-state index is 0.633. The van der Waals surface area contributed by atoms with Crippen molar-refractivity contribution in [3.05, 3.63) is 52.8 Å². The van der Waals surface area contributed by atoms with Crippen molar-refractivity contribution in [2.75, 3.05) is 0 Å². The molecular weight excluding hydrogens is 192 g/mol. The Balaban J connectivity index is 3.36. The third-order valence-corrected chi connectivity index (χ3v) is 3.29. The lowest BCUT2D eigenvalue weighted by atomic mass is 9.81. The van der Waals surface area contributed by atoms with Gasteiger partial charge in [0.25, 0.3) is 0 Å². The van der Waals surface area contributed by atoms with E-state index >= 15 is 0 Å². The van der Waals surface area contributed by atoms with Gasteiger partial charge in [-0.3, -0.25) is 0 Å². The molecule has 0 N–H and O–H groups in total. The van der Waals surface area contributed by atoms with Gasteiger partial charge in [-0.05, 0) is 55.4 Å². The van der Waals surface area contributed by atoms with Crippen LogP contribution in [0, 0.1) is 5.92 Å². The molecule has 0 nitrogen and oxygen atoms in total. The average Bonchev–Trinajstić information content (AvgIpc) is 2.28. The molecule has 1 rings (SSSR count). The molecule has 0 saturated carbocycles. The first-order valence-electron chi connectivity index (χ1n) is 6.05. The van der Waals surface area contributed by atoms with Gasteiger partial charge >= 0.3 is 0 Å². The van der Waals surface area contributed by atoms with Crippen LogP contribution in [0.2, 0.25) is 0 Å². The Morgan fingerprint density at radius 1 is 1.56 bits per heavy atom. The van der Waals surface area contributed by atoms with Gasteiger partial charge < -0.3 is 0 Å². The molecule has 1 atom stereocenters. The maximum Gasteiger partial charge on any atom is -0.0150 e. The van der Waals surface area contributed by atoms with Crippen molar-refractivity contribution in [2.24, 2.45) is 5.92 Å². The van der Waals surface area contributed by atoms with Crippen molar-refractivity contribution in [3.63, 3.8) is 0 Å². The van der Waals surface area contributed by atoms with Gasteiger partial charge in [-0.2, -0.15) is 0 Å². The van der Waals surface area contributed by atoms with E-state index in [1.165, 1.54) is 22.3 Å². The molecule has 0 heteroatoms. The zero-order valence-corrected chi connectivity index (χ0v) is 10.9. The summed E-state index contributed by atoms with van der Waals surface area (Å²) in [5.74, 6) is 0.633. The molecule has 1 aliphatic carbocycles. The molecule has 0 aliphatic heterocycles. The third kappa shape index (κ3) is 2.65. The highest BCUT2D eigenvalue weighted by molar-refractivity contribution is 5.51. The molecule has 1 unspecified atom stereocenters. The fraction of sp³-hybridized carbons (Fsp3) is 0.438. The summed E-state index contributed by atoms with van der Waals surface area (Å²) in [6.07, 6.45) is 8.77. The van der Waals surface area contributed by atoms with E-state index < -0.39 is 0 Å². The van der Waals surface area contributed by atoms with E-state index in [4.69, 9.17) is 0 Å². The number of hydrogen-bond acceptors (Lipinski definition) is 0. The molecule has 0 radical (unpaired) electrons. The van der Waals surface area contributed by atoms with Crippen molar-refractivity contribution in [1.29, 1.82) is 0 Å². The van der Waals surface area contributed by atoms with Crippen LogP contribution in [0.4, 0.5) is 0 Å². The van der Waals surface area contributed by atoms with Gasteiger partial charge in [0.1, 0.15) is 0 Å². The lowest BCUT2D eigenvalue weighted by molar-refractivity contribution is 0.678. The van der Waals surface area contributed by atoms with Crippen molar-refractivity contribution >= 4 is 0 Å². The van der Waals surface area contributed by atoms with Crippen LogP contribution in [-0.4, -0.2) is 0 Å². The minimum Gasteiger partial charge on any atom is -0.128 e. The Labute approximate surface area is 99.8 Å². The monoisotopic (exact) mass is 214 g/mol. The van der Waals surface area contributed by atoms with E-state index in [1.807, 2.05) is 6.08 Å². The summed E-state index contributed by atoms with van der Waals surface area (Å²) in [5.41, 5.74) is 8.53. The van der Waals surface area contributed by atoms with Crippen LogP contribution >= 0.6 is 0 Å². The average molecular weight is 214 g/mol. The topological polar surface area (TPSA) is 0 Å². The molecule has 0 bridgehead atoms. The SMILES string of the molecule is C=C=C/C(C)=C1\C=CCC(C)\C1=C(\C)CC.